The van der Waals surface area contributed by atoms with Gasteiger partial charge in [-0.05, 0) is 6.07 Å². The summed E-state index contributed by atoms with van der Waals surface area (Å²) in [5.41, 5.74) is 2.01. The summed E-state index contributed by atoms with van der Waals surface area (Å²) in [7, 11) is 0. The van der Waals surface area contributed by atoms with E-state index in [-0.39, 0.29) is 0 Å². The second-order valence-electron chi connectivity index (χ2n) is 2.05. The molecule has 50 valence electrons. The molecule has 0 saturated heterocycles. The van der Waals surface area contributed by atoms with Crippen molar-refractivity contribution in [2.24, 2.45) is 4.99 Å². The van der Waals surface area contributed by atoms with E-state index >= 15 is 0 Å². The van der Waals surface area contributed by atoms with Crippen LogP contribution in [-0.2, 0) is 11.3 Å². The summed E-state index contributed by atoms with van der Waals surface area (Å²) in [6.45, 7) is 0.590. The molecule has 3 nitrogen and oxygen atoms in total. The maximum Gasteiger partial charge on any atom is 0.175 e. The lowest BCUT2D eigenvalue weighted by Crippen LogP contribution is -1.96. The van der Waals surface area contributed by atoms with Gasteiger partial charge in [0.05, 0.1) is 5.69 Å². The zero-order valence-electron chi connectivity index (χ0n) is 5.32. The Morgan fingerprint density at radius 3 is 3.40 bits per heavy atom. The van der Waals surface area contributed by atoms with Crippen molar-refractivity contribution in [1.82, 2.24) is 4.98 Å². The second kappa shape index (κ2) is 2.10. The maximum absolute atomic E-state index is 4.96. The second-order valence-corrected chi connectivity index (χ2v) is 2.05. The van der Waals surface area contributed by atoms with E-state index in [1.165, 1.54) is 6.40 Å². The Kier molecular flexibility index (Phi) is 1.13. The first-order chi connectivity index (χ1) is 4.97. The van der Waals surface area contributed by atoms with Crippen LogP contribution in [0.25, 0.3) is 0 Å². The highest BCUT2D eigenvalue weighted by atomic mass is 16.5. The van der Waals surface area contributed by atoms with Crippen molar-refractivity contribution in [3.8, 4) is 0 Å². The molecule has 0 amide bonds. The van der Waals surface area contributed by atoms with E-state index in [1.807, 2.05) is 6.07 Å². The molecule has 2 heterocycles. The standard InChI is InChI=1S/C7H6N2O/c1-2-8-3-6-4-10-5-9-7(1)6/h1-3,5H,4H2. The normalized spacial score (nSPS) is 14.0. The molecule has 0 spiro atoms. The molecule has 3 heteroatoms. The third-order valence-electron chi connectivity index (χ3n) is 1.38. The van der Waals surface area contributed by atoms with Crippen molar-refractivity contribution in [3.63, 3.8) is 0 Å². The van der Waals surface area contributed by atoms with Gasteiger partial charge in [0.25, 0.3) is 0 Å². The fourth-order valence-corrected chi connectivity index (χ4v) is 0.878. The predicted octanol–water partition coefficient (Wildman–Crippen LogP) is 1.27. The summed E-state index contributed by atoms with van der Waals surface area (Å²) in [4.78, 5) is 7.95. The fraction of sp³-hybridized carbons (Fsp3) is 0.143. The summed E-state index contributed by atoms with van der Waals surface area (Å²) < 4.78 is 4.96. The topological polar surface area (TPSA) is 34.5 Å². The van der Waals surface area contributed by atoms with Crippen LogP contribution in [-0.4, -0.2) is 11.4 Å². The third kappa shape index (κ3) is 0.757. The quantitative estimate of drug-likeness (QED) is 0.535. The first kappa shape index (κ1) is 5.41. The fourth-order valence-electron chi connectivity index (χ4n) is 0.878. The van der Waals surface area contributed by atoms with Crippen molar-refractivity contribution < 1.29 is 4.74 Å². The van der Waals surface area contributed by atoms with Gasteiger partial charge in [-0.1, -0.05) is 0 Å². The Morgan fingerprint density at radius 1 is 1.50 bits per heavy atom. The summed E-state index contributed by atoms with van der Waals surface area (Å²) in [6, 6.07) is 1.87. The molecule has 0 saturated carbocycles. The maximum atomic E-state index is 4.96. The molecule has 0 aromatic carbocycles. The van der Waals surface area contributed by atoms with E-state index in [2.05, 4.69) is 9.98 Å². The highest BCUT2D eigenvalue weighted by Gasteiger charge is 2.03. The van der Waals surface area contributed by atoms with Gasteiger partial charge in [0, 0.05) is 18.0 Å². The molecule has 0 N–H and O–H groups in total. The summed E-state index contributed by atoms with van der Waals surface area (Å²) >= 11 is 0. The van der Waals surface area contributed by atoms with Gasteiger partial charge >= 0.3 is 0 Å². The van der Waals surface area contributed by atoms with Crippen LogP contribution in [0.4, 0.5) is 5.69 Å². The molecule has 0 aliphatic carbocycles. The molecule has 1 aromatic heterocycles. The number of aliphatic imine (C=N–C) groups is 1. The van der Waals surface area contributed by atoms with Crippen LogP contribution in [0.1, 0.15) is 5.56 Å². The van der Waals surface area contributed by atoms with E-state index in [0.29, 0.717) is 6.61 Å². The van der Waals surface area contributed by atoms with E-state index in [9.17, 15) is 0 Å². The van der Waals surface area contributed by atoms with Gasteiger partial charge in [0.2, 0.25) is 0 Å². The van der Waals surface area contributed by atoms with Crippen LogP contribution in [0.2, 0.25) is 0 Å². The number of hydrogen-bond acceptors (Lipinski definition) is 3. The van der Waals surface area contributed by atoms with Crippen molar-refractivity contribution in [2.75, 3.05) is 0 Å². The average Bonchev–Trinajstić information content (AvgIpc) is 2.05. The van der Waals surface area contributed by atoms with E-state index < -0.39 is 0 Å². The van der Waals surface area contributed by atoms with Crippen LogP contribution < -0.4 is 0 Å². The third-order valence-corrected chi connectivity index (χ3v) is 1.38. The number of ether oxygens (including phenoxy) is 1. The molecule has 1 aromatic rings. The molecule has 2 rings (SSSR count). The van der Waals surface area contributed by atoms with Crippen LogP contribution in [0, 0.1) is 0 Å². The van der Waals surface area contributed by atoms with E-state index in [0.717, 1.165) is 11.3 Å². The lowest BCUT2D eigenvalue weighted by Gasteiger charge is -2.07. The molecule has 1 aliphatic rings. The minimum absolute atomic E-state index is 0.590. The zero-order valence-corrected chi connectivity index (χ0v) is 5.32. The average molecular weight is 134 g/mol. The Hall–Kier alpha value is -1.38. The van der Waals surface area contributed by atoms with Gasteiger partial charge in [-0.25, -0.2) is 4.99 Å². The Labute approximate surface area is 58.4 Å². The highest BCUT2D eigenvalue weighted by Crippen LogP contribution is 2.20. The lowest BCUT2D eigenvalue weighted by atomic mass is 10.2. The highest BCUT2D eigenvalue weighted by molar-refractivity contribution is 5.60. The summed E-state index contributed by atoms with van der Waals surface area (Å²) in [5, 5.41) is 0. The van der Waals surface area contributed by atoms with Crippen LogP contribution in [0.15, 0.2) is 23.5 Å². The monoisotopic (exact) mass is 134 g/mol. The van der Waals surface area contributed by atoms with Gasteiger partial charge in [-0.2, -0.15) is 0 Å². The van der Waals surface area contributed by atoms with Gasteiger partial charge in [0.15, 0.2) is 6.40 Å². The van der Waals surface area contributed by atoms with Crippen molar-refractivity contribution in [1.29, 1.82) is 0 Å². The molecule has 0 fully saturated rings. The molecular formula is C7H6N2O. The Bertz CT molecular complexity index is 270. The largest absolute Gasteiger partial charge is 0.478 e. The van der Waals surface area contributed by atoms with E-state index in [4.69, 9.17) is 4.74 Å². The summed E-state index contributed by atoms with van der Waals surface area (Å²) in [5.74, 6) is 0. The number of aromatic nitrogens is 1. The number of pyridine rings is 1. The number of nitrogens with zero attached hydrogens (tertiary/aromatic N) is 2. The Morgan fingerprint density at radius 2 is 2.50 bits per heavy atom. The molecule has 0 atom stereocenters. The van der Waals surface area contributed by atoms with E-state index in [1.54, 1.807) is 12.4 Å². The van der Waals surface area contributed by atoms with Crippen LogP contribution >= 0.6 is 0 Å². The zero-order chi connectivity index (χ0) is 6.81. The molecule has 0 unspecified atom stereocenters. The molecule has 1 aliphatic heterocycles. The number of hydrogen-bond donors (Lipinski definition) is 0. The summed E-state index contributed by atoms with van der Waals surface area (Å²) in [6.07, 6.45) is 4.95. The first-order valence-corrected chi connectivity index (χ1v) is 3.04. The lowest BCUT2D eigenvalue weighted by molar-refractivity contribution is 0.302. The van der Waals surface area contributed by atoms with Crippen LogP contribution in [0.3, 0.4) is 0 Å². The predicted molar refractivity (Wildman–Crippen MR) is 37.2 cm³/mol. The van der Waals surface area contributed by atoms with Crippen molar-refractivity contribution >= 4 is 12.1 Å². The van der Waals surface area contributed by atoms with Crippen LogP contribution in [0.5, 0.6) is 0 Å². The number of fused-ring (bicyclic) bond motifs is 1. The van der Waals surface area contributed by atoms with Gasteiger partial charge < -0.3 is 4.74 Å². The van der Waals surface area contributed by atoms with Gasteiger partial charge in [-0.15, -0.1) is 0 Å². The SMILES string of the molecule is C1=Nc2ccncc2CO1. The molecule has 0 radical (unpaired) electrons. The molecular weight excluding hydrogens is 128 g/mol. The van der Waals surface area contributed by atoms with Gasteiger partial charge in [-0.3, -0.25) is 4.98 Å². The smallest absolute Gasteiger partial charge is 0.175 e. The first-order valence-electron chi connectivity index (χ1n) is 3.04. The van der Waals surface area contributed by atoms with Crippen molar-refractivity contribution in [2.45, 2.75) is 6.61 Å². The Balaban J connectivity index is 2.54. The van der Waals surface area contributed by atoms with Crippen molar-refractivity contribution in [3.05, 3.63) is 24.0 Å². The van der Waals surface area contributed by atoms with Gasteiger partial charge in [0.1, 0.15) is 6.61 Å². The minimum Gasteiger partial charge on any atom is -0.478 e. The molecule has 10 heavy (non-hydrogen) atoms. The minimum atomic E-state index is 0.590. The number of rotatable bonds is 0. The molecule has 0 bridgehead atoms.